The molecule has 0 aliphatic rings. The summed E-state index contributed by atoms with van der Waals surface area (Å²) in [5, 5.41) is 25.9. The van der Waals surface area contributed by atoms with Gasteiger partial charge in [-0.05, 0) is 51.0 Å². The molecule has 4 rings (SSSR count). The lowest BCUT2D eigenvalue weighted by molar-refractivity contribution is 0.110. The number of hydrogen-bond acceptors (Lipinski definition) is 6. The smallest absolute Gasteiger partial charge is 0.131 e. The number of hydrogen-bond donors (Lipinski definition) is 2. The van der Waals surface area contributed by atoms with E-state index in [9.17, 15) is 10.2 Å². The number of aromatic hydroxyl groups is 2. The predicted molar refractivity (Wildman–Crippen MR) is 144 cm³/mol. The molecule has 0 aromatic heterocycles. The van der Waals surface area contributed by atoms with Crippen LogP contribution in [0, 0.1) is 13.8 Å². The number of ether oxygens (including phenoxy) is 4. The number of phenolic OH excluding ortho intramolecular Hbond substituents is 2. The Balaban J connectivity index is 1.92. The Bertz CT molecular complexity index is 1260. The van der Waals surface area contributed by atoms with E-state index in [0.717, 1.165) is 21.9 Å². The van der Waals surface area contributed by atoms with E-state index in [1.54, 1.807) is 12.1 Å². The standard InChI is InChI=1S/C30H34O6/c1-5-33-13-15-35-25-17-23(29(31)27-19(3)9-7-11-21(25)27)24-18-26(36-16-14-34-6-2)22-12-8-10-20(4)28(22)30(24)32/h7-12,17-18,31-32H,5-6,13-16H2,1-4H3. The zero-order valence-electron chi connectivity index (χ0n) is 21.4. The lowest BCUT2D eigenvalue weighted by Gasteiger charge is -2.19. The molecule has 2 N–H and O–H groups in total. The molecular formula is C30H34O6. The van der Waals surface area contributed by atoms with Gasteiger partial charge >= 0.3 is 0 Å². The van der Waals surface area contributed by atoms with E-state index >= 15 is 0 Å². The Hall–Kier alpha value is -3.48. The first kappa shape index (κ1) is 25.6. The van der Waals surface area contributed by atoms with Crippen LogP contribution in [0.5, 0.6) is 23.0 Å². The zero-order valence-corrected chi connectivity index (χ0v) is 21.4. The molecule has 0 aliphatic heterocycles. The second kappa shape index (κ2) is 11.5. The summed E-state index contributed by atoms with van der Waals surface area (Å²) in [5.74, 6) is 1.40. The number of phenols is 2. The molecule has 190 valence electrons. The topological polar surface area (TPSA) is 77.4 Å². The number of fused-ring (bicyclic) bond motifs is 2. The van der Waals surface area contributed by atoms with Crippen LogP contribution in [0.15, 0.2) is 48.5 Å². The van der Waals surface area contributed by atoms with Gasteiger partial charge in [-0.2, -0.15) is 0 Å². The van der Waals surface area contributed by atoms with E-state index in [0.29, 0.717) is 73.0 Å². The van der Waals surface area contributed by atoms with Crippen molar-refractivity contribution in [1.29, 1.82) is 0 Å². The summed E-state index contributed by atoms with van der Waals surface area (Å²) in [6, 6.07) is 15.2. The summed E-state index contributed by atoms with van der Waals surface area (Å²) in [6.45, 7) is 10.7. The maximum Gasteiger partial charge on any atom is 0.131 e. The van der Waals surface area contributed by atoms with Crippen LogP contribution in [-0.2, 0) is 9.47 Å². The first-order valence-corrected chi connectivity index (χ1v) is 12.4. The summed E-state index contributed by atoms with van der Waals surface area (Å²) < 4.78 is 23.1. The van der Waals surface area contributed by atoms with Gasteiger partial charge in [0, 0.05) is 45.9 Å². The second-order valence-corrected chi connectivity index (χ2v) is 8.63. The molecular weight excluding hydrogens is 456 g/mol. The monoisotopic (exact) mass is 490 g/mol. The lowest BCUT2D eigenvalue weighted by Crippen LogP contribution is -2.07. The molecule has 0 aliphatic carbocycles. The molecule has 0 saturated heterocycles. The Morgan fingerprint density at radius 2 is 1.03 bits per heavy atom. The van der Waals surface area contributed by atoms with Crippen molar-refractivity contribution < 1.29 is 29.2 Å². The van der Waals surface area contributed by atoms with Crippen LogP contribution in [0.4, 0.5) is 0 Å². The van der Waals surface area contributed by atoms with Crippen molar-refractivity contribution in [3.8, 4) is 34.1 Å². The fourth-order valence-corrected chi connectivity index (χ4v) is 4.56. The van der Waals surface area contributed by atoms with Crippen LogP contribution in [0.25, 0.3) is 32.7 Å². The SMILES string of the molecule is CCOCCOc1cc(-c2cc(OCCOCC)c3cccc(C)c3c2O)c(O)c2c(C)cccc12. The van der Waals surface area contributed by atoms with Gasteiger partial charge in [0.15, 0.2) is 0 Å². The molecule has 0 heterocycles. The van der Waals surface area contributed by atoms with Crippen LogP contribution < -0.4 is 9.47 Å². The van der Waals surface area contributed by atoms with E-state index in [-0.39, 0.29) is 11.5 Å². The van der Waals surface area contributed by atoms with Gasteiger partial charge in [-0.25, -0.2) is 0 Å². The summed E-state index contributed by atoms with van der Waals surface area (Å²) in [5.41, 5.74) is 2.76. The van der Waals surface area contributed by atoms with E-state index < -0.39 is 0 Å². The third kappa shape index (κ3) is 5.06. The summed E-state index contributed by atoms with van der Waals surface area (Å²) in [4.78, 5) is 0. The molecule has 6 heteroatoms. The summed E-state index contributed by atoms with van der Waals surface area (Å²) in [7, 11) is 0. The highest BCUT2D eigenvalue weighted by atomic mass is 16.5. The maximum absolute atomic E-state index is 11.5. The first-order chi connectivity index (χ1) is 17.5. The highest BCUT2D eigenvalue weighted by Crippen LogP contribution is 2.49. The average Bonchev–Trinajstić information content (AvgIpc) is 2.87. The Kier molecular flexibility index (Phi) is 8.18. The molecule has 0 atom stereocenters. The molecule has 36 heavy (non-hydrogen) atoms. The van der Waals surface area contributed by atoms with Crippen LogP contribution in [-0.4, -0.2) is 49.9 Å². The van der Waals surface area contributed by atoms with E-state index in [1.807, 2.05) is 64.1 Å². The van der Waals surface area contributed by atoms with Gasteiger partial charge in [0.25, 0.3) is 0 Å². The first-order valence-electron chi connectivity index (χ1n) is 12.4. The predicted octanol–water partition coefficient (Wildman–Crippen LogP) is 6.52. The minimum absolute atomic E-state index is 0.0868. The van der Waals surface area contributed by atoms with Gasteiger partial charge in [-0.15, -0.1) is 0 Å². The van der Waals surface area contributed by atoms with E-state index in [1.165, 1.54) is 0 Å². The van der Waals surface area contributed by atoms with E-state index in [4.69, 9.17) is 18.9 Å². The molecule has 4 aromatic carbocycles. The van der Waals surface area contributed by atoms with Crippen molar-refractivity contribution in [2.45, 2.75) is 27.7 Å². The van der Waals surface area contributed by atoms with Gasteiger partial charge in [-0.1, -0.05) is 36.4 Å². The molecule has 0 fully saturated rings. The van der Waals surface area contributed by atoms with Gasteiger partial charge in [0.2, 0.25) is 0 Å². The zero-order chi connectivity index (χ0) is 25.7. The molecule has 4 aromatic rings. The van der Waals surface area contributed by atoms with Gasteiger partial charge in [-0.3, -0.25) is 0 Å². The van der Waals surface area contributed by atoms with Crippen molar-refractivity contribution in [3.63, 3.8) is 0 Å². The molecule has 0 spiro atoms. The van der Waals surface area contributed by atoms with Gasteiger partial charge in [0.05, 0.1) is 13.2 Å². The normalized spacial score (nSPS) is 11.3. The van der Waals surface area contributed by atoms with Crippen molar-refractivity contribution in [1.82, 2.24) is 0 Å². The highest BCUT2D eigenvalue weighted by molar-refractivity contribution is 6.06. The molecule has 0 radical (unpaired) electrons. The van der Waals surface area contributed by atoms with E-state index in [2.05, 4.69) is 0 Å². The minimum Gasteiger partial charge on any atom is -0.507 e. The highest BCUT2D eigenvalue weighted by Gasteiger charge is 2.21. The molecule has 6 nitrogen and oxygen atoms in total. The van der Waals surface area contributed by atoms with Crippen molar-refractivity contribution in [3.05, 3.63) is 59.7 Å². The Labute approximate surface area is 212 Å². The Morgan fingerprint density at radius 1 is 0.611 bits per heavy atom. The third-order valence-corrected chi connectivity index (χ3v) is 6.28. The second-order valence-electron chi connectivity index (χ2n) is 8.63. The van der Waals surface area contributed by atoms with Crippen LogP contribution in [0.2, 0.25) is 0 Å². The van der Waals surface area contributed by atoms with Crippen LogP contribution in [0.3, 0.4) is 0 Å². The lowest BCUT2D eigenvalue weighted by atomic mass is 9.92. The number of rotatable bonds is 11. The van der Waals surface area contributed by atoms with Crippen molar-refractivity contribution in [2.75, 3.05) is 39.6 Å². The molecule has 0 unspecified atom stereocenters. The molecule has 0 amide bonds. The number of benzene rings is 4. The van der Waals surface area contributed by atoms with Crippen molar-refractivity contribution >= 4 is 21.5 Å². The van der Waals surface area contributed by atoms with Crippen molar-refractivity contribution in [2.24, 2.45) is 0 Å². The number of aryl methyl sites for hydroxylation is 2. The average molecular weight is 491 g/mol. The fraction of sp³-hybridized carbons (Fsp3) is 0.333. The minimum atomic E-state index is 0.0868. The van der Waals surface area contributed by atoms with Gasteiger partial charge < -0.3 is 29.2 Å². The van der Waals surface area contributed by atoms with Gasteiger partial charge in [0.1, 0.15) is 36.2 Å². The quantitative estimate of drug-likeness (QED) is 0.233. The largest absolute Gasteiger partial charge is 0.507 e. The van der Waals surface area contributed by atoms with Crippen LogP contribution in [0.1, 0.15) is 25.0 Å². The maximum atomic E-state index is 11.5. The molecule has 0 saturated carbocycles. The molecule has 0 bridgehead atoms. The van der Waals surface area contributed by atoms with Crippen LogP contribution >= 0.6 is 0 Å². The fourth-order valence-electron chi connectivity index (χ4n) is 4.56. The summed E-state index contributed by atoms with van der Waals surface area (Å²) in [6.07, 6.45) is 0. The summed E-state index contributed by atoms with van der Waals surface area (Å²) >= 11 is 0. The third-order valence-electron chi connectivity index (χ3n) is 6.28. The Morgan fingerprint density at radius 3 is 1.42 bits per heavy atom.